The van der Waals surface area contributed by atoms with E-state index in [9.17, 15) is 0 Å². The third-order valence-electron chi connectivity index (χ3n) is 2.30. The van der Waals surface area contributed by atoms with Gasteiger partial charge in [0.2, 0.25) is 0 Å². The molecule has 3 heteroatoms. The highest BCUT2D eigenvalue weighted by Crippen LogP contribution is 2.03. The quantitative estimate of drug-likeness (QED) is 0.608. The van der Waals surface area contributed by atoms with Gasteiger partial charge < -0.3 is 10.6 Å². The molecule has 2 N–H and O–H groups in total. The van der Waals surface area contributed by atoms with Crippen LogP contribution >= 0.6 is 0 Å². The maximum atomic E-state index is 4.20. The van der Waals surface area contributed by atoms with Crippen molar-refractivity contribution in [3.05, 3.63) is 35.4 Å². The van der Waals surface area contributed by atoms with Crippen LogP contribution in [0.3, 0.4) is 0 Å². The SMILES string of the molecule is CN=C(NCc1ccc(C)cc1)NC(C)(C)C. The smallest absolute Gasteiger partial charge is 0.191 e. The molecule has 0 bridgehead atoms. The molecule has 3 nitrogen and oxygen atoms in total. The Morgan fingerprint density at radius 1 is 1.18 bits per heavy atom. The van der Waals surface area contributed by atoms with Crippen molar-refractivity contribution < 1.29 is 0 Å². The summed E-state index contributed by atoms with van der Waals surface area (Å²) in [5.74, 6) is 0.832. The number of guanidine groups is 1. The molecule has 0 spiro atoms. The molecule has 0 saturated heterocycles. The second kappa shape index (κ2) is 5.71. The van der Waals surface area contributed by atoms with Gasteiger partial charge in [0.1, 0.15) is 0 Å². The summed E-state index contributed by atoms with van der Waals surface area (Å²) in [7, 11) is 1.79. The van der Waals surface area contributed by atoms with Gasteiger partial charge in [-0.15, -0.1) is 0 Å². The van der Waals surface area contributed by atoms with E-state index >= 15 is 0 Å². The molecule has 0 amide bonds. The maximum absolute atomic E-state index is 4.20. The zero-order valence-electron chi connectivity index (χ0n) is 11.5. The summed E-state index contributed by atoms with van der Waals surface area (Å²) in [4.78, 5) is 4.20. The van der Waals surface area contributed by atoms with Gasteiger partial charge in [0.25, 0.3) is 0 Å². The predicted molar refractivity (Wildman–Crippen MR) is 74.3 cm³/mol. The second-order valence-electron chi connectivity index (χ2n) is 5.29. The zero-order chi connectivity index (χ0) is 12.9. The fourth-order valence-electron chi connectivity index (χ4n) is 1.43. The van der Waals surface area contributed by atoms with Crippen molar-refractivity contribution in [2.45, 2.75) is 39.8 Å². The minimum Gasteiger partial charge on any atom is -0.352 e. The Bertz CT molecular complexity index is 371. The number of rotatable bonds is 2. The topological polar surface area (TPSA) is 36.4 Å². The summed E-state index contributed by atoms with van der Waals surface area (Å²) in [5.41, 5.74) is 2.56. The van der Waals surface area contributed by atoms with Crippen LogP contribution in [0.25, 0.3) is 0 Å². The normalized spacial score (nSPS) is 12.4. The van der Waals surface area contributed by atoms with Gasteiger partial charge in [0.15, 0.2) is 5.96 Å². The molecule has 1 aromatic carbocycles. The Hall–Kier alpha value is -1.51. The molecule has 0 aliphatic heterocycles. The molecule has 1 rings (SSSR count). The van der Waals surface area contributed by atoms with Crippen LogP contribution < -0.4 is 10.6 Å². The Kier molecular flexibility index (Phi) is 4.55. The van der Waals surface area contributed by atoms with E-state index in [2.05, 4.69) is 67.6 Å². The molecular formula is C14H23N3. The number of nitrogens with one attached hydrogen (secondary N) is 2. The number of hydrogen-bond acceptors (Lipinski definition) is 1. The lowest BCUT2D eigenvalue weighted by atomic mass is 10.1. The molecule has 0 atom stereocenters. The largest absolute Gasteiger partial charge is 0.352 e. The fraction of sp³-hybridized carbons (Fsp3) is 0.500. The molecule has 17 heavy (non-hydrogen) atoms. The third kappa shape index (κ3) is 5.38. The molecule has 0 fully saturated rings. The number of aryl methyl sites for hydroxylation is 1. The van der Waals surface area contributed by atoms with Gasteiger partial charge in [0.05, 0.1) is 0 Å². The Morgan fingerprint density at radius 2 is 1.76 bits per heavy atom. The minimum atomic E-state index is 0.0229. The molecule has 0 aliphatic rings. The van der Waals surface area contributed by atoms with Gasteiger partial charge in [-0.25, -0.2) is 0 Å². The molecule has 0 radical (unpaired) electrons. The van der Waals surface area contributed by atoms with Crippen LogP contribution in [0.2, 0.25) is 0 Å². The van der Waals surface area contributed by atoms with Gasteiger partial charge in [-0.1, -0.05) is 29.8 Å². The number of aliphatic imine (C=N–C) groups is 1. The van der Waals surface area contributed by atoms with Crippen LogP contribution in [0.1, 0.15) is 31.9 Å². The molecule has 0 aromatic heterocycles. The van der Waals surface area contributed by atoms with Crippen molar-refractivity contribution in [1.82, 2.24) is 10.6 Å². The van der Waals surface area contributed by atoms with E-state index < -0.39 is 0 Å². The van der Waals surface area contributed by atoms with Gasteiger partial charge >= 0.3 is 0 Å². The third-order valence-corrected chi connectivity index (χ3v) is 2.30. The fourth-order valence-corrected chi connectivity index (χ4v) is 1.43. The van der Waals surface area contributed by atoms with E-state index in [1.165, 1.54) is 11.1 Å². The van der Waals surface area contributed by atoms with Crippen molar-refractivity contribution in [2.24, 2.45) is 4.99 Å². The standard InChI is InChI=1S/C14H23N3/c1-11-6-8-12(9-7-11)10-16-13(15-5)17-14(2,3)4/h6-9H,10H2,1-5H3,(H2,15,16,17). The summed E-state index contributed by atoms with van der Waals surface area (Å²) in [6, 6.07) is 8.51. The number of benzene rings is 1. The van der Waals surface area contributed by atoms with E-state index in [0.29, 0.717) is 0 Å². The van der Waals surface area contributed by atoms with Crippen molar-refractivity contribution in [2.75, 3.05) is 7.05 Å². The highest BCUT2D eigenvalue weighted by molar-refractivity contribution is 5.80. The minimum absolute atomic E-state index is 0.0229. The van der Waals surface area contributed by atoms with E-state index in [1.807, 2.05) is 0 Å². The molecule has 0 aliphatic carbocycles. The van der Waals surface area contributed by atoms with Crippen LogP contribution in [-0.4, -0.2) is 18.5 Å². The van der Waals surface area contributed by atoms with Gasteiger partial charge in [-0.3, -0.25) is 4.99 Å². The van der Waals surface area contributed by atoms with E-state index in [-0.39, 0.29) is 5.54 Å². The second-order valence-corrected chi connectivity index (χ2v) is 5.29. The Labute approximate surface area is 104 Å². The molecule has 94 valence electrons. The molecular weight excluding hydrogens is 210 g/mol. The maximum Gasteiger partial charge on any atom is 0.191 e. The lowest BCUT2D eigenvalue weighted by Crippen LogP contribution is -2.47. The van der Waals surface area contributed by atoms with E-state index in [4.69, 9.17) is 0 Å². The summed E-state index contributed by atoms with van der Waals surface area (Å²) in [5, 5.41) is 6.63. The molecule has 0 saturated carbocycles. The van der Waals surface area contributed by atoms with Gasteiger partial charge in [-0.2, -0.15) is 0 Å². The van der Waals surface area contributed by atoms with Crippen LogP contribution in [0, 0.1) is 6.92 Å². The summed E-state index contributed by atoms with van der Waals surface area (Å²) >= 11 is 0. The van der Waals surface area contributed by atoms with Crippen LogP contribution in [0.4, 0.5) is 0 Å². The van der Waals surface area contributed by atoms with Crippen molar-refractivity contribution in [3.8, 4) is 0 Å². The van der Waals surface area contributed by atoms with E-state index in [1.54, 1.807) is 7.05 Å². The first-order valence-corrected chi connectivity index (χ1v) is 5.95. The summed E-state index contributed by atoms with van der Waals surface area (Å²) in [6.07, 6.45) is 0. The van der Waals surface area contributed by atoms with Crippen molar-refractivity contribution >= 4 is 5.96 Å². The summed E-state index contributed by atoms with van der Waals surface area (Å²) < 4.78 is 0. The first kappa shape index (κ1) is 13.6. The Morgan fingerprint density at radius 3 is 2.24 bits per heavy atom. The molecule has 0 unspecified atom stereocenters. The van der Waals surface area contributed by atoms with Gasteiger partial charge in [-0.05, 0) is 33.3 Å². The predicted octanol–water partition coefficient (Wildman–Crippen LogP) is 2.46. The monoisotopic (exact) mass is 233 g/mol. The molecule has 0 heterocycles. The summed E-state index contributed by atoms with van der Waals surface area (Å²) in [6.45, 7) is 9.23. The highest BCUT2D eigenvalue weighted by Gasteiger charge is 2.11. The first-order chi connectivity index (χ1) is 7.90. The number of hydrogen-bond donors (Lipinski definition) is 2. The highest BCUT2D eigenvalue weighted by atomic mass is 15.2. The average molecular weight is 233 g/mol. The van der Waals surface area contributed by atoms with Crippen molar-refractivity contribution in [1.29, 1.82) is 0 Å². The average Bonchev–Trinajstić information content (AvgIpc) is 2.25. The Balaban J connectivity index is 2.51. The van der Waals surface area contributed by atoms with Crippen LogP contribution in [-0.2, 0) is 6.54 Å². The van der Waals surface area contributed by atoms with Gasteiger partial charge in [0, 0.05) is 19.1 Å². The zero-order valence-corrected chi connectivity index (χ0v) is 11.5. The van der Waals surface area contributed by atoms with E-state index in [0.717, 1.165) is 12.5 Å². The number of nitrogens with zero attached hydrogens (tertiary/aromatic N) is 1. The van der Waals surface area contributed by atoms with Crippen molar-refractivity contribution in [3.63, 3.8) is 0 Å². The van der Waals surface area contributed by atoms with Crippen LogP contribution in [0.15, 0.2) is 29.3 Å². The first-order valence-electron chi connectivity index (χ1n) is 5.95. The van der Waals surface area contributed by atoms with Crippen LogP contribution in [0.5, 0.6) is 0 Å². The lowest BCUT2D eigenvalue weighted by molar-refractivity contribution is 0.501. The molecule has 1 aromatic rings. The lowest BCUT2D eigenvalue weighted by Gasteiger charge is -2.23.